The SMILES string of the molecule is CCC(C)c1ccccc1OCC(=O)Nc1cc(NC(C)=O)ccc1C. The quantitative estimate of drug-likeness (QED) is 0.770. The lowest BCUT2D eigenvalue weighted by Gasteiger charge is -2.16. The van der Waals surface area contributed by atoms with Gasteiger partial charge < -0.3 is 15.4 Å². The minimum atomic E-state index is -0.243. The van der Waals surface area contributed by atoms with E-state index in [0.29, 0.717) is 17.3 Å². The molecule has 0 fully saturated rings. The molecule has 0 bridgehead atoms. The molecule has 2 N–H and O–H groups in total. The van der Waals surface area contributed by atoms with E-state index < -0.39 is 0 Å². The summed E-state index contributed by atoms with van der Waals surface area (Å²) in [5.74, 6) is 0.703. The zero-order valence-corrected chi connectivity index (χ0v) is 15.8. The van der Waals surface area contributed by atoms with Crippen LogP contribution in [-0.2, 0) is 9.59 Å². The van der Waals surface area contributed by atoms with E-state index in [1.54, 1.807) is 12.1 Å². The van der Waals surface area contributed by atoms with Crippen molar-refractivity contribution in [1.29, 1.82) is 0 Å². The topological polar surface area (TPSA) is 67.4 Å². The lowest BCUT2D eigenvalue weighted by molar-refractivity contribution is -0.118. The molecule has 0 aliphatic heterocycles. The van der Waals surface area contributed by atoms with Crippen LogP contribution in [0.3, 0.4) is 0 Å². The summed E-state index contributed by atoms with van der Waals surface area (Å²) in [4.78, 5) is 23.5. The molecule has 26 heavy (non-hydrogen) atoms. The third kappa shape index (κ3) is 5.34. The largest absolute Gasteiger partial charge is 0.483 e. The maximum absolute atomic E-state index is 12.3. The van der Waals surface area contributed by atoms with Crippen LogP contribution >= 0.6 is 0 Å². The van der Waals surface area contributed by atoms with Crippen LogP contribution < -0.4 is 15.4 Å². The number of hydrogen-bond donors (Lipinski definition) is 2. The highest BCUT2D eigenvalue weighted by molar-refractivity contribution is 5.94. The van der Waals surface area contributed by atoms with Crippen LogP contribution in [0.1, 0.15) is 44.2 Å². The normalized spacial score (nSPS) is 11.5. The summed E-state index contributed by atoms with van der Waals surface area (Å²) in [5, 5.41) is 5.55. The van der Waals surface area contributed by atoms with Gasteiger partial charge in [-0.3, -0.25) is 9.59 Å². The van der Waals surface area contributed by atoms with Crippen LogP contribution in [0.15, 0.2) is 42.5 Å². The average Bonchev–Trinajstić information content (AvgIpc) is 2.62. The zero-order chi connectivity index (χ0) is 19.1. The number of anilines is 2. The van der Waals surface area contributed by atoms with E-state index >= 15 is 0 Å². The monoisotopic (exact) mass is 354 g/mol. The highest BCUT2D eigenvalue weighted by atomic mass is 16.5. The van der Waals surface area contributed by atoms with Gasteiger partial charge in [-0.05, 0) is 48.6 Å². The summed E-state index contributed by atoms with van der Waals surface area (Å²) in [6, 6.07) is 13.2. The molecule has 0 aromatic heterocycles. The van der Waals surface area contributed by atoms with Gasteiger partial charge in [0.25, 0.3) is 5.91 Å². The molecule has 0 saturated carbocycles. The molecule has 0 aliphatic carbocycles. The van der Waals surface area contributed by atoms with Gasteiger partial charge in [0.1, 0.15) is 5.75 Å². The van der Waals surface area contributed by atoms with E-state index in [1.165, 1.54) is 6.92 Å². The smallest absolute Gasteiger partial charge is 0.262 e. The summed E-state index contributed by atoms with van der Waals surface area (Å²) < 4.78 is 5.75. The number of para-hydroxylation sites is 1. The van der Waals surface area contributed by atoms with Gasteiger partial charge in [-0.25, -0.2) is 0 Å². The number of ether oxygens (including phenoxy) is 1. The average molecular weight is 354 g/mol. The van der Waals surface area contributed by atoms with Crippen molar-refractivity contribution in [3.8, 4) is 5.75 Å². The van der Waals surface area contributed by atoms with Crippen molar-refractivity contribution in [2.45, 2.75) is 40.0 Å². The van der Waals surface area contributed by atoms with E-state index in [9.17, 15) is 9.59 Å². The summed E-state index contributed by atoms with van der Waals surface area (Å²) in [6.07, 6.45) is 1.00. The molecule has 0 heterocycles. The van der Waals surface area contributed by atoms with Gasteiger partial charge in [-0.2, -0.15) is 0 Å². The molecule has 0 radical (unpaired) electrons. The highest BCUT2D eigenvalue weighted by Gasteiger charge is 2.12. The van der Waals surface area contributed by atoms with Crippen LogP contribution in [0.2, 0.25) is 0 Å². The van der Waals surface area contributed by atoms with E-state index in [-0.39, 0.29) is 18.4 Å². The first kappa shape index (κ1) is 19.5. The van der Waals surface area contributed by atoms with Gasteiger partial charge in [-0.1, -0.05) is 38.1 Å². The lowest BCUT2D eigenvalue weighted by Crippen LogP contribution is -2.21. The summed E-state index contributed by atoms with van der Waals surface area (Å²) >= 11 is 0. The second-order valence-electron chi connectivity index (χ2n) is 6.39. The van der Waals surface area contributed by atoms with Crippen LogP contribution in [-0.4, -0.2) is 18.4 Å². The molecule has 0 spiro atoms. The molecule has 5 heteroatoms. The van der Waals surface area contributed by atoms with Crippen molar-refractivity contribution < 1.29 is 14.3 Å². The summed E-state index contributed by atoms with van der Waals surface area (Å²) in [6.45, 7) is 7.53. The Morgan fingerprint density at radius 3 is 2.54 bits per heavy atom. The molecule has 1 unspecified atom stereocenters. The first-order valence-electron chi connectivity index (χ1n) is 8.80. The Hall–Kier alpha value is -2.82. The Bertz CT molecular complexity index is 787. The fraction of sp³-hybridized carbons (Fsp3) is 0.333. The number of aryl methyl sites for hydroxylation is 1. The van der Waals surface area contributed by atoms with Crippen molar-refractivity contribution in [3.63, 3.8) is 0 Å². The Morgan fingerprint density at radius 1 is 1.12 bits per heavy atom. The van der Waals surface area contributed by atoms with Gasteiger partial charge in [-0.15, -0.1) is 0 Å². The van der Waals surface area contributed by atoms with Crippen molar-refractivity contribution in [1.82, 2.24) is 0 Å². The second-order valence-corrected chi connectivity index (χ2v) is 6.39. The standard InChI is InChI=1S/C21H26N2O3/c1-5-14(2)18-8-6-7-9-20(18)26-13-21(25)23-19-12-17(22-16(4)24)11-10-15(19)3/h6-12,14H,5,13H2,1-4H3,(H,22,24)(H,23,25). The summed E-state index contributed by atoms with van der Waals surface area (Å²) in [5.41, 5.74) is 3.31. The molecule has 0 saturated heterocycles. The Labute approximate surface area is 154 Å². The number of nitrogens with one attached hydrogen (secondary N) is 2. The predicted molar refractivity (Wildman–Crippen MR) is 105 cm³/mol. The predicted octanol–water partition coefficient (Wildman–Crippen LogP) is 4.48. The van der Waals surface area contributed by atoms with Crippen LogP contribution in [0, 0.1) is 6.92 Å². The molecular weight excluding hydrogens is 328 g/mol. The van der Waals surface area contributed by atoms with Gasteiger partial charge in [0.15, 0.2) is 6.61 Å². The Morgan fingerprint density at radius 2 is 1.85 bits per heavy atom. The molecule has 2 aromatic carbocycles. The summed E-state index contributed by atoms with van der Waals surface area (Å²) in [7, 11) is 0. The van der Waals surface area contributed by atoms with Crippen LogP contribution in [0.25, 0.3) is 0 Å². The minimum Gasteiger partial charge on any atom is -0.483 e. The molecule has 1 atom stereocenters. The van der Waals surface area contributed by atoms with Crippen LogP contribution in [0.4, 0.5) is 11.4 Å². The van der Waals surface area contributed by atoms with Crippen LogP contribution in [0.5, 0.6) is 5.75 Å². The molecule has 2 aromatic rings. The van der Waals surface area contributed by atoms with Crippen molar-refractivity contribution in [2.75, 3.05) is 17.2 Å². The third-order valence-corrected chi connectivity index (χ3v) is 4.25. The fourth-order valence-electron chi connectivity index (χ4n) is 2.61. The number of benzene rings is 2. The first-order valence-corrected chi connectivity index (χ1v) is 8.80. The zero-order valence-electron chi connectivity index (χ0n) is 15.8. The van der Waals surface area contributed by atoms with E-state index in [1.807, 2.05) is 37.3 Å². The second kappa shape index (κ2) is 9.04. The van der Waals surface area contributed by atoms with E-state index in [0.717, 1.165) is 23.3 Å². The molecule has 2 amide bonds. The number of hydrogen-bond acceptors (Lipinski definition) is 3. The van der Waals surface area contributed by atoms with Gasteiger partial charge >= 0.3 is 0 Å². The molecule has 138 valence electrons. The van der Waals surface area contributed by atoms with E-state index in [2.05, 4.69) is 24.5 Å². The molecule has 5 nitrogen and oxygen atoms in total. The van der Waals surface area contributed by atoms with Crippen molar-refractivity contribution >= 4 is 23.2 Å². The Kier molecular flexibility index (Phi) is 6.78. The molecular formula is C21H26N2O3. The number of carbonyl (C=O) groups excluding carboxylic acids is 2. The fourth-order valence-corrected chi connectivity index (χ4v) is 2.61. The van der Waals surface area contributed by atoms with Crippen molar-refractivity contribution in [3.05, 3.63) is 53.6 Å². The van der Waals surface area contributed by atoms with Gasteiger partial charge in [0, 0.05) is 18.3 Å². The maximum atomic E-state index is 12.3. The van der Waals surface area contributed by atoms with E-state index in [4.69, 9.17) is 4.74 Å². The molecule has 0 aliphatic rings. The van der Waals surface area contributed by atoms with Gasteiger partial charge in [0.2, 0.25) is 5.91 Å². The minimum absolute atomic E-state index is 0.0722. The Balaban J connectivity index is 2.03. The number of carbonyl (C=O) groups is 2. The highest BCUT2D eigenvalue weighted by Crippen LogP contribution is 2.28. The third-order valence-electron chi connectivity index (χ3n) is 4.25. The first-order chi connectivity index (χ1) is 12.4. The number of rotatable bonds is 7. The maximum Gasteiger partial charge on any atom is 0.262 e. The van der Waals surface area contributed by atoms with Crippen molar-refractivity contribution in [2.24, 2.45) is 0 Å². The lowest BCUT2D eigenvalue weighted by atomic mass is 9.98. The van der Waals surface area contributed by atoms with Gasteiger partial charge in [0.05, 0.1) is 0 Å². The molecule has 2 rings (SSSR count). The number of amides is 2.